The van der Waals surface area contributed by atoms with E-state index in [1.807, 2.05) is 0 Å². The van der Waals surface area contributed by atoms with E-state index in [-0.39, 0.29) is 5.69 Å². The first-order valence-electron chi connectivity index (χ1n) is 7.19. The lowest BCUT2D eigenvalue weighted by Crippen LogP contribution is -2.00. The fraction of sp³-hybridized carbons (Fsp3) is 0.125. The molecule has 3 rings (SSSR count). The van der Waals surface area contributed by atoms with Crippen molar-refractivity contribution in [3.05, 3.63) is 70.5 Å². The maximum absolute atomic E-state index is 12.3. The van der Waals surface area contributed by atoms with Crippen molar-refractivity contribution in [1.82, 2.24) is 14.8 Å². The van der Waals surface area contributed by atoms with E-state index in [1.54, 1.807) is 41.1 Å². The molecule has 1 heterocycles. The van der Waals surface area contributed by atoms with Gasteiger partial charge in [0.25, 0.3) is 11.4 Å². The maximum atomic E-state index is 12.3. The average Bonchev–Trinajstić information content (AvgIpc) is 3.05. The van der Waals surface area contributed by atoms with E-state index in [1.165, 1.54) is 18.5 Å². The summed E-state index contributed by atoms with van der Waals surface area (Å²) in [6.07, 6.45) is 1.52. The van der Waals surface area contributed by atoms with Crippen LogP contribution in [0.25, 0.3) is 11.4 Å². The molecule has 0 N–H and O–H groups in total. The van der Waals surface area contributed by atoms with Gasteiger partial charge in [-0.2, -0.15) is 13.9 Å². The predicted octanol–water partition coefficient (Wildman–Crippen LogP) is 4.22. The van der Waals surface area contributed by atoms with Crippen LogP contribution in [0.15, 0.2) is 59.8 Å². The second-order valence-corrected chi connectivity index (χ2v) is 6.16. The summed E-state index contributed by atoms with van der Waals surface area (Å²) in [5, 5.41) is 15.1. The van der Waals surface area contributed by atoms with Crippen LogP contribution in [0.1, 0.15) is 5.56 Å². The number of rotatable bonds is 6. The van der Waals surface area contributed by atoms with E-state index in [0.29, 0.717) is 34.6 Å². The second-order valence-electron chi connectivity index (χ2n) is 5.10. The number of benzene rings is 2. The Morgan fingerprint density at radius 1 is 1.20 bits per heavy atom. The fourth-order valence-electron chi connectivity index (χ4n) is 2.23. The standard InChI is InChI=1S/C16H12F2N4O2S/c17-16(18)25-14-6-4-11(5-7-14)9-21-10-19-15(20-21)12-2-1-3-13(8-12)22(23)24/h1-8,10,16H,9H2. The normalized spacial score (nSPS) is 11.0. The van der Waals surface area contributed by atoms with Crippen LogP contribution in [-0.4, -0.2) is 25.4 Å². The average molecular weight is 362 g/mol. The van der Waals surface area contributed by atoms with Gasteiger partial charge < -0.3 is 0 Å². The van der Waals surface area contributed by atoms with Crippen LogP contribution in [-0.2, 0) is 6.54 Å². The van der Waals surface area contributed by atoms with E-state index in [4.69, 9.17) is 0 Å². The Morgan fingerprint density at radius 2 is 1.96 bits per heavy atom. The maximum Gasteiger partial charge on any atom is 0.288 e. The highest BCUT2D eigenvalue weighted by molar-refractivity contribution is 7.99. The predicted molar refractivity (Wildman–Crippen MR) is 89.5 cm³/mol. The van der Waals surface area contributed by atoms with E-state index in [0.717, 1.165) is 5.56 Å². The molecule has 0 aliphatic carbocycles. The van der Waals surface area contributed by atoms with Gasteiger partial charge in [0.15, 0.2) is 5.82 Å². The summed E-state index contributed by atoms with van der Waals surface area (Å²) in [7, 11) is 0. The molecule has 128 valence electrons. The summed E-state index contributed by atoms with van der Waals surface area (Å²) in [4.78, 5) is 15.0. The van der Waals surface area contributed by atoms with E-state index >= 15 is 0 Å². The van der Waals surface area contributed by atoms with Gasteiger partial charge in [-0.1, -0.05) is 36.0 Å². The summed E-state index contributed by atoms with van der Waals surface area (Å²) in [6, 6.07) is 12.8. The number of thioether (sulfide) groups is 1. The van der Waals surface area contributed by atoms with Crippen molar-refractivity contribution in [3.8, 4) is 11.4 Å². The summed E-state index contributed by atoms with van der Waals surface area (Å²) in [6.45, 7) is 0.418. The number of aromatic nitrogens is 3. The van der Waals surface area contributed by atoms with Crippen LogP contribution in [0.3, 0.4) is 0 Å². The van der Waals surface area contributed by atoms with Crippen LogP contribution < -0.4 is 0 Å². The summed E-state index contributed by atoms with van der Waals surface area (Å²) in [5.74, 6) is -2.06. The van der Waals surface area contributed by atoms with Crippen molar-refractivity contribution in [2.45, 2.75) is 17.2 Å². The van der Waals surface area contributed by atoms with Crippen molar-refractivity contribution >= 4 is 17.4 Å². The van der Waals surface area contributed by atoms with Crippen LogP contribution in [0, 0.1) is 10.1 Å². The minimum absolute atomic E-state index is 0.0269. The summed E-state index contributed by atoms with van der Waals surface area (Å²) in [5.41, 5.74) is 1.41. The van der Waals surface area contributed by atoms with Crippen LogP contribution >= 0.6 is 11.8 Å². The number of alkyl halides is 2. The molecule has 0 aliphatic rings. The smallest absolute Gasteiger partial charge is 0.258 e. The first kappa shape index (κ1) is 17.0. The Labute approximate surface area is 145 Å². The van der Waals surface area contributed by atoms with Crippen molar-refractivity contribution in [3.63, 3.8) is 0 Å². The zero-order chi connectivity index (χ0) is 17.8. The number of halogens is 2. The highest BCUT2D eigenvalue weighted by Gasteiger charge is 2.11. The van der Waals surface area contributed by atoms with Gasteiger partial charge in [-0.3, -0.25) is 10.1 Å². The molecule has 0 amide bonds. The molecule has 0 radical (unpaired) electrons. The third-order valence-corrected chi connectivity index (χ3v) is 4.07. The Hall–Kier alpha value is -2.81. The topological polar surface area (TPSA) is 73.8 Å². The molecule has 0 saturated carbocycles. The zero-order valence-corrected chi connectivity index (χ0v) is 13.6. The molecular formula is C16H12F2N4O2S. The van der Waals surface area contributed by atoms with Crippen molar-refractivity contribution in [2.24, 2.45) is 0 Å². The molecule has 2 aromatic carbocycles. The first-order chi connectivity index (χ1) is 12.0. The van der Waals surface area contributed by atoms with Gasteiger partial charge in [-0.15, -0.1) is 0 Å². The van der Waals surface area contributed by atoms with Crippen LogP contribution in [0.4, 0.5) is 14.5 Å². The first-order valence-corrected chi connectivity index (χ1v) is 8.07. The summed E-state index contributed by atoms with van der Waals surface area (Å²) >= 11 is 0.495. The van der Waals surface area contributed by atoms with Gasteiger partial charge in [0, 0.05) is 22.6 Å². The fourth-order valence-corrected chi connectivity index (χ4v) is 2.72. The highest BCUT2D eigenvalue weighted by atomic mass is 32.2. The monoisotopic (exact) mass is 362 g/mol. The van der Waals surface area contributed by atoms with Crippen molar-refractivity contribution < 1.29 is 13.7 Å². The molecule has 0 saturated heterocycles. The molecular weight excluding hydrogens is 350 g/mol. The lowest BCUT2D eigenvalue weighted by Gasteiger charge is -2.03. The Balaban J connectivity index is 1.73. The molecule has 0 bridgehead atoms. The van der Waals surface area contributed by atoms with Gasteiger partial charge in [0.2, 0.25) is 0 Å². The molecule has 0 aliphatic heterocycles. The molecule has 0 atom stereocenters. The molecule has 6 nitrogen and oxygen atoms in total. The van der Waals surface area contributed by atoms with Gasteiger partial charge in [0.1, 0.15) is 6.33 Å². The molecule has 1 aromatic heterocycles. The van der Waals surface area contributed by atoms with Crippen LogP contribution in [0.5, 0.6) is 0 Å². The second kappa shape index (κ2) is 7.39. The Kier molecular flexibility index (Phi) is 5.03. The van der Waals surface area contributed by atoms with Crippen LogP contribution in [0.2, 0.25) is 0 Å². The van der Waals surface area contributed by atoms with Crippen molar-refractivity contribution in [2.75, 3.05) is 0 Å². The van der Waals surface area contributed by atoms with Gasteiger partial charge >= 0.3 is 0 Å². The molecule has 0 unspecified atom stereocenters. The Morgan fingerprint density at radius 3 is 2.64 bits per heavy atom. The molecule has 3 aromatic rings. The Bertz CT molecular complexity index is 884. The lowest BCUT2D eigenvalue weighted by molar-refractivity contribution is -0.384. The van der Waals surface area contributed by atoms with Crippen molar-refractivity contribution in [1.29, 1.82) is 0 Å². The highest BCUT2D eigenvalue weighted by Crippen LogP contribution is 2.25. The van der Waals surface area contributed by atoms with E-state index in [2.05, 4.69) is 10.1 Å². The number of nitro benzene ring substituents is 1. The quantitative estimate of drug-likeness (QED) is 0.373. The number of hydrogen-bond donors (Lipinski definition) is 0. The zero-order valence-electron chi connectivity index (χ0n) is 12.8. The third-order valence-electron chi connectivity index (χ3n) is 3.34. The largest absolute Gasteiger partial charge is 0.288 e. The molecule has 9 heteroatoms. The lowest BCUT2D eigenvalue weighted by atomic mass is 10.2. The van der Waals surface area contributed by atoms with E-state index in [9.17, 15) is 18.9 Å². The minimum atomic E-state index is -2.45. The minimum Gasteiger partial charge on any atom is -0.258 e. The molecule has 0 fully saturated rings. The number of non-ortho nitro benzene ring substituents is 1. The molecule has 0 spiro atoms. The van der Waals surface area contributed by atoms with Gasteiger partial charge in [-0.25, -0.2) is 9.67 Å². The number of hydrogen-bond acceptors (Lipinski definition) is 5. The summed E-state index contributed by atoms with van der Waals surface area (Å²) < 4.78 is 26.2. The third kappa shape index (κ3) is 4.38. The number of nitro groups is 1. The van der Waals surface area contributed by atoms with Gasteiger partial charge in [0.05, 0.1) is 11.5 Å². The SMILES string of the molecule is O=[N+]([O-])c1cccc(-c2ncn(Cc3ccc(SC(F)F)cc3)n2)c1. The van der Waals surface area contributed by atoms with Gasteiger partial charge in [-0.05, 0) is 17.7 Å². The van der Waals surface area contributed by atoms with E-state index < -0.39 is 10.7 Å². The molecule has 25 heavy (non-hydrogen) atoms. The number of nitrogens with zero attached hydrogens (tertiary/aromatic N) is 4.